The maximum Gasteiger partial charge on any atom is 0.280 e. The molecule has 1 N–H and O–H groups in total. The Balaban J connectivity index is 2.64. The van der Waals surface area contributed by atoms with E-state index in [4.69, 9.17) is 0 Å². The molecule has 90 valence electrons. The number of aromatic nitrogens is 3. The molecule has 2 heterocycles. The molecular weight excluding hydrogens is 218 g/mol. The number of hydrogen-bond acceptors (Lipinski definition) is 4. The highest BCUT2D eigenvalue weighted by molar-refractivity contribution is 5.71. The first kappa shape index (κ1) is 11.7. The molecule has 0 aliphatic carbocycles. The van der Waals surface area contributed by atoms with Gasteiger partial charge in [0.05, 0.1) is 24.5 Å². The van der Waals surface area contributed by atoms with E-state index in [1.54, 1.807) is 18.3 Å². The second-order valence-corrected chi connectivity index (χ2v) is 4.32. The standard InChI is InChI=1S/C12H15N3O2/c1-8(2)10(6-16)15-7-14-9-4-3-5-13-11(9)12(15)17/h3-5,7-8,10,16H,6H2,1-2H3/t10-/m0/s1. The van der Waals surface area contributed by atoms with Crippen molar-refractivity contribution < 1.29 is 5.11 Å². The van der Waals surface area contributed by atoms with Gasteiger partial charge in [0.2, 0.25) is 0 Å². The van der Waals surface area contributed by atoms with E-state index in [0.29, 0.717) is 11.0 Å². The van der Waals surface area contributed by atoms with Crippen molar-refractivity contribution in [2.24, 2.45) is 5.92 Å². The van der Waals surface area contributed by atoms with Gasteiger partial charge in [0.1, 0.15) is 0 Å². The number of fused-ring (bicyclic) bond motifs is 1. The van der Waals surface area contributed by atoms with Crippen LogP contribution in [0.3, 0.4) is 0 Å². The maximum atomic E-state index is 12.2. The average Bonchev–Trinajstić information content (AvgIpc) is 2.33. The van der Waals surface area contributed by atoms with Crippen LogP contribution in [0.5, 0.6) is 0 Å². The van der Waals surface area contributed by atoms with Crippen LogP contribution >= 0.6 is 0 Å². The number of nitrogens with zero attached hydrogens (tertiary/aromatic N) is 3. The van der Waals surface area contributed by atoms with Crippen LogP contribution in [0.25, 0.3) is 11.0 Å². The topological polar surface area (TPSA) is 68.0 Å². The monoisotopic (exact) mass is 233 g/mol. The smallest absolute Gasteiger partial charge is 0.280 e. The zero-order valence-electron chi connectivity index (χ0n) is 9.87. The molecule has 5 nitrogen and oxygen atoms in total. The highest BCUT2D eigenvalue weighted by Gasteiger charge is 2.17. The highest BCUT2D eigenvalue weighted by Crippen LogP contribution is 2.15. The molecular formula is C12H15N3O2. The lowest BCUT2D eigenvalue weighted by Gasteiger charge is -2.20. The van der Waals surface area contributed by atoms with Crippen LogP contribution in [0.15, 0.2) is 29.5 Å². The fourth-order valence-electron chi connectivity index (χ4n) is 1.82. The molecule has 5 heteroatoms. The van der Waals surface area contributed by atoms with Crippen molar-refractivity contribution in [1.29, 1.82) is 0 Å². The molecule has 0 amide bonds. The summed E-state index contributed by atoms with van der Waals surface area (Å²) in [5.74, 6) is 0.153. The molecule has 0 aromatic carbocycles. The summed E-state index contributed by atoms with van der Waals surface area (Å²) in [5, 5.41) is 9.34. The molecule has 0 spiro atoms. The Kier molecular flexibility index (Phi) is 3.19. The van der Waals surface area contributed by atoms with E-state index in [1.165, 1.54) is 10.9 Å². The third-order valence-corrected chi connectivity index (χ3v) is 2.86. The van der Waals surface area contributed by atoms with Crippen LogP contribution in [0, 0.1) is 5.92 Å². The van der Waals surface area contributed by atoms with Crippen molar-refractivity contribution in [1.82, 2.24) is 14.5 Å². The van der Waals surface area contributed by atoms with Gasteiger partial charge in [-0.2, -0.15) is 0 Å². The van der Waals surface area contributed by atoms with Gasteiger partial charge in [0.25, 0.3) is 5.56 Å². The Labute approximate surface area is 98.8 Å². The van der Waals surface area contributed by atoms with Gasteiger partial charge in [0.15, 0.2) is 5.52 Å². The lowest BCUT2D eigenvalue weighted by atomic mass is 10.1. The van der Waals surface area contributed by atoms with Gasteiger partial charge in [-0.3, -0.25) is 9.36 Å². The normalized spacial score (nSPS) is 13.2. The minimum Gasteiger partial charge on any atom is -0.394 e. The predicted octanol–water partition coefficient (Wildman–Crippen LogP) is 0.981. The molecule has 17 heavy (non-hydrogen) atoms. The molecule has 0 fully saturated rings. The maximum absolute atomic E-state index is 12.2. The van der Waals surface area contributed by atoms with Gasteiger partial charge in [-0.05, 0) is 18.1 Å². The summed E-state index contributed by atoms with van der Waals surface area (Å²) in [6.45, 7) is 3.82. The van der Waals surface area contributed by atoms with Crippen LogP contribution in [-0.2, 0) is 0 Å². The van der Waals surface area contributed by atoms with Gasteiger partial charge in [-0.15, -0.1) is 0 Å². The van der Waals surface area contributed by atoms with E-state index >= 15 is 0 Å². The van der Waals surface area contributed by atoms with Gasteiger partial charge in [0, 0.05) is 6.20 Å². The lowest BCUT2D eigenvalue weighted by Crippen LogP contribution is -2.30. The van der Waals surface area contributed by atoms with Crippen molar-refractivity contribution in [3.05, 3.63) is 35.0 Å². The molecule has 0 saturated heterocycles. The summed E-state index contributed by atoms with van der Waals surface area (Å²) < 4.78 is 1.46. The van der Waals surface area contributed by atoms with Crippen molar-refractivity contribution in [3.63, 3.8) is 0 Å². The summed E-state index contributed by atoms with van der Waals surface area (Å²) in [6.07, 6.45) is 3.05. The fraction of sp³-hybridized carbons (Fsp3) is 0.417. The van der Waals surface area contributed by atoms with E-state index in [0.717, 1.165) is 0 Å². The molecule has 0 saturated carbocycles. The van der Waals surface area contributed by atoms with Crippen LogP contribution in [0.4, 0.5) is 0 Å². The minimum atomic E-state index is -0.263. The number of hydrogen-bond donors (Lipinski definition) is 1. The van der Waals surface area contributed by atoms with Crippen molar-refractivity contribution in [2.75, 3.05) is 6.61 Å². The van der Waals surface area contributed by atoms with Gasteiger partial charge in [-0.25, -0.2) is 9.97 Å². The molecule has 0 bridgehead atoms. The Morgan fingerprint density at radius 1 is 1.41 bits per heavy atom. The van der Waals surface area contributed by atoms with Gasteiger partial charge >= 0.3 is 0 Å². The Hall–Kier alpha value is -1.75. The molecule has 0 aliphatic rings. The lowest BCUT2D eigenvalue weighted by molar-refractivity contribution is 0.189. The SMILES string of the molecule is CC(C)[C@H](CO)n1cnc2cccnc2c1=O. The predicted molar refractivity (Wildman–Crippen MR) is 64.8 cm³/mol. The third kappa shape index (κ3) is 2.06. The summed E-state index contributed by atoms with van der Waals surface area (Å²) in [6, 6.07) is 3.23. The van der Waals surface area contributed by atoms with E-state index in [9.17, 15) is 9.90 Å². The van der Waals surface area contributed by atoms with Crippen LogP contribution in [-0.4, -0.2) is 26.2 Å². The second-order valence-electron chi connectivity index (χ2n) is 4.32. The number of aliphatic hydroxyl groups is 1. The highest BCUT2D eigenvalue weighted by atomic mass is 16.3. The first-order valence-electron chi connectivity index (χ1n) is 5.58. The van der Waals surface area contributed by atoms with Crippen molar-refractivity contribution in [3.8, 4) is 0 Å². The molecule has 0 radical (unpaired) electrons. The second kappa shape index (κ2) is 4.63. The quantitative estimate of drug-likeness (QED) is 0.858. The molecule has 2 aromatic rings. The average molecular weight is 233 g/mol. The first-order chi connectivity index (χ1) is 8.15. The van der Waals surface area contributed by atoms with E-state index in [1.807, 2.05) is 13.8 Å². The summed E-state index contributed by atoms with van der Waals surface area (Å²) in [5.41, 5.74) is 0.714. The van der Waals surface area contributed by atoms with E-state index < -0.39 is 0 Å². The largest absolute Gasteiger partial charge is 0.394 e. The number of pyridine rings is 1. The molecule has 2 rings (SSSR count). The Morgan fingerprint density at radius 3 is 2.82 bits per heavy atom. The summed E-state index contributed by atoms with van der Waals surface area (Å²) in [7, 11) is 0. The van der Waals surface area contributed by atoms with Crippen molar-refractivity contribution >= 4 is 11.0 Å². The molecule has 0 unspecified atom stereocenters. The zero-order chi connectivity index (χ0) is 12.4. The Bertz CT molecular complexity index is 577. The minimum absolute atomic E-state index is 0.0857. The van der Waals surface area contributed by atoms with Gasteiger partial charge in [-0.1, -0.05) is 13.8 Å². The number of rotatable bonds is 3. The fourth-order valence-corrected chi connectivity index (χ4v) is 1.82. The summed E-state index contributed by atoms with van der Waals surface area (Å²) in [4.78, 5) is 20.4. The van der Waals surface area contributed by atoms with E-state index in [-0.39, 0.29) is 24.1 Å². The Morgan fingerprint density at radius 2 is 2.18 bits per heavy atom. The van der Waals surface area contributed by atoms with Gasteiger partial charge < -0.3 is 5.11 Å². The number of aliphatic hydroxyl groups excluding tert-OH is 1. The van der Waals surface area contributed by atoms with Crippen molar-refractivity contribution in [2.45, 2.75) is 19.9 Å². The molecule has 1 atom stereocenters. The van der Waals surface area contributed by atoms with Crippen LogP contribution in [0.1, 0.15) is 19.9 Å². The first-order valence-corrected chi connectivity index (χ1v) is 5.58. The molecule has 0 aliphatic heterocycles. The summed E-state index contributed by atoms with van der Waals surface area (Å²) >= 11 is 0. The molecule has 2 aromatic heterocycles. The third-order valence-electron chi connectivity index (χ3n) is 2.86. The van der Waals surface area contributed by atoms with Crippen LogP contribution < -0.4 is 5.56 Å². The zero-order valence-corrected chi connectivity index (χ0v) is 9.87. The van der Waals surface area contributed by atoms with Crippen LogP contribution in [0.2, 0.25) is 0 Å². The van der Waals surface area contributed by atoms with E-state index in [2.05, 4.69) is 9.97 Å².